The van der Waals surface area contributed by atoms with E-state index in [1.807, 2.05) is 0 Å². The zero-order valence-electron chi connectivity index (χ0n) is 14.5. The van der Waals surface area contributed by atoms with Crippen LogP contribution in [0.25, 0.3) is 0 Å². The van der Waals surface area contributed by atoms with Crippen LogP contribution in [0, 0.1) is 29.1 Å². The topological polar surface area (TPSA) is 119 Å². The Balaban J connectivity index is 1.56. The fraction of sp³-hybridized carbons (Fsp3) is 0.824. The summed E-state index contributed by atoms with van der Waals surface area (Å²) in [6, 6.07) is 0. The van der Waals surface area contributed by atoms with Gasteiger partial charge in [0.05, 0.1) is 23.9 Å². The number of carbonyl (C=O) groups excluding carboxylic acids is 2. The zero-order valence-corrected chi connectivity index (χ0v) is 14.5. The molecule has 7 unspecified atom stereocenters. The summed E-state index contributed by atoms with van der Waals surface area (Å²) >= 11 is 0. The number of carboxylic acid groups (broad SMARTS) is 1. The molecule has 0 spiro atoms. The predicted molar refractivity (Wildman–Crippen MR) is 82.0 cm³/mol. The van der Waals surface area contributed by atoms with Gasteiger partial charge in [-0.15, -0.1) is 0 Å². The Labute approximate surface area is 145 Å². The van der Waals surface area contributed by atoms with E-state index in [1.165, 1.54) is 0 Å². The Morgan fingerprint density at radius 2 is 2.00 bits per heavy atom. The lowest BCUT2D eigenvalue weighted by Gasteiger charge is -2.31. The van der Waals surface area contributed by atoms with Crippen molar-refractivity contribution in [3.63, 3.8) is 0 Å². The van der Waals surface area contributed by atoms with Crippen LogP contribution in [0.3, 0.4) is 0 Å². The van der Waals surface area contributed by atoms with Crippen LogP contribution < -0.4 is 0 Å². The SMILES string of the molecule is CC(C)(C)C(=O)OCCC(O)OC1C2CC3C1OC(=O)C3C2C(=O)O. The van der Waals surface area contributed by atoms with Crippen LogP contribution in [0.4, 0.5) is 0 Å². The number of aliphatic hydroxyl groups excluding tert-OH is 1. The number of ether oxygens (including phenoxy) is 3. The molecule has 2 bridgehead atoms. The number of hydrogen-bond acceptors (Lipinski definition) is 7. The molecule has 25 heavy (non-hydrogen) atoms. The Hall–Kier alpha value is -1.67. The Morgan fingerprint density at radius 1 is 1.32 bits per heavy atom. The quantitative estimate of drug-likeness (QED) is 0.523. The third-order valence-electron chi connectivity index (χ3n) is 5.36. The second-order valence-corrected chi connectivity index (χ2v) is 8.08. The Kier molecular flexibility index (Phi) is 4.53. The largest absolute Gasteiger partial charge is 0.481 e. The van der Waals surface area contributed by atoms with E-state index in [-0.39, 0.29) is 30.8 Å². The summed E-state index contributed by atoms with van der Waals surface area (Å²) in [5.41, 5.74) is -0.627. The number of carbonyl (C=O) groups is 3. The third-order valence-corrected chi connectivity index (χ3v) is 5.36. The number of aliphatic hydroxyl groups is 1. The second-order valence-electron chi connectivity index (χ2n) is 8.08. The minimum atomic E-state index is -1.22. The van der Waals surface area contributed by atoms with Crippen LogP contribution in [-0.4, -0.2) is 53.2 Å². The van der Waals surface area contributed by atoms with Gasteiger partial charge in [-0.3, -0.25) is 14.4 Å². The van der Waals surface area contributed by atoms with Gasteiger partial charge in [0.25, 0.3) is 0 Å². The van der Waals surface area contributed by atoms with Crippen LogP contribution in [0.2, 0.25) is 0 Å². The van der Waals surface area contributed by atoms with E-state index in [0.717, 1.165) is 0 Å². The number of fused-ring (bicyclic) bond motifs is 1. The van der Waals surface area contributed by atoms with Gasteiger partial charge >= 0.3 is 17.9 Å². The van der Waals surface area contributed by atoms with E-state index in [4.69, 9.17) is 14.2 Å². The van der Waals surface area contributed by atoms with E-state index in [1.54, 1.807) is 20.8 Å². The van der Waals surface area contributed by atoms with E-state index in [9.17, 15) is 24.6 Å². The van der Waals surface area contributed by atoms with Crippen LogP contribution >= 0.6 is 0 Å². The van der Waals surface area contributed by atoms with Gasteiger partial charge in [-0.1, -0.05) is 0 Å². The summed E-state index contributed by atoms with van der Waals surface area (Å²) in [7, 11) is 0. The molecule has 8 nitrogen and oxygen atoms in total. The van der Waals surface area contributed by atoms with Crippen LogP contribution in [-0.2, 0) is 28.6 Å². The summed E-state index contributed by atoms with van der Waals surface area (Å²) in [6.07, 6.45) is -1.73. The van der Waals surface area contributed by atoms with Gasteiger partial charge in [0.2, 0.25) is 0 Å². The van der Waals surface area contributed by atoms with Crippen LogP contribution in [0.15, 0.2) is 0 Å². The zero-order chi connectivity index (χ0) is 18.5. The maximum atomic E-state index is 11.9. The first-order valence-electron chi connectivity index (χ1n) is 8.55. The third kappa shape index (κ3) is 3.13. The summed E-state index contributed by atoms with van der Waals surface area (Å²) in [4.78, 5) is 35.1. The molecular formula is C17H24O8. The van der Waals surface area contributed by atoms with Gasteiger partial charge in [-0.25, -0.2) is 0 Å². The minimum absolute atomic E-state index is 0.00642. The van der Waals surface area contributed by atoms with Crippen molar-refractivity contribution in [1.29, 1.82) is 0 Å². The molecule has 0 radical (unpaired) electrons. The molecule has 2 N–H and O–H groups in total. The lowest BCUT2D eigenvalue weighted by molar-refractivity contribution is -0.191. The van der Waals surface area contributed by atoms with E-state index in [0.29, 0.717) is 6.42 Å². The van der Waals surface area contributed by atoms with Gasteiger partial charge < -0.3 is 24.4 Å². The highest BCUT2D eigenvalue weighted by atomic mass is 16.6. The van der Waals surface area contributed by atoms with Gasteiger partial charge in [0.15, 0.2) is 6.29 Å². The number of aliphatic carboxylic acids is 1. The second kappa shape index (κ2) is 6.25. The van der Waals surface area contributed by atoms with E-state index in [2.05, 4.69) is 0 Å². The van der Waals surface area contributed by atoms with Gasteiger partial charge in [0.1, 0.15) is 12.2 Å². The van der Waals surface area contributed by atoms with Crippen molar-refractivity contribution in [3.05, 3.63) is 0 Å². The predicted octanol–water partition coefficient (Wildman–Crippen LogP) is 0.561. The van der Waals surface area contributed by atoms with Gasteiger partial charge in [0, 0.05) is 18.3 Å². The first kappa shape index (κ1) is 18.1. The number of rotatable bonds is 6. The molecule has 0 amide bonds. The van der Waals surface area contributed by atoms with Crippen LogP contribution in [0.5, 0.6) is 0 Å². The highest BCUT2D eigenvalue weighted by Gasteiger charge is 2.69. The van der Waals surface area contributed by atoms with Crippen molar-refractivity contribution >= 4 is 17.9 Å². The Morgan fingerprint density at radius 3 is 2.60 bits per heavy atom. The highest BCUT2D eigenvalue weighted by molar-refractivity contribution is 5.85. The summed E-state index contributed by atoms with van der Waals surface area (Å²) < 4.78 is 16.0. The highest BCUT2D eigenvalue weighted by Crippen LogP contribution is 2.58. The first-order valence-corrected chi connectivity index (χ1v) is 8.55. The molecule has 3 fully saturated rings. The first-order chi connectivity index (χ1) is 11.6. The monoisotopic (exact) mass is 356 g/mol. The van der Waals surface area contributed by atoms with E-state index >= 15 is 0 Å². The van der Waals surface area contributed by atoms with E-state index < -0.39 is 47.7 Å². The molecular weight excluding hydrogens is 332 g/mol. The maximum absolute atomic E-state index is 11.9. The minimum Gasteiger partial charge on any atom is -0.481 e. The number of carboxylic acids is 1. The average molecular weight is 356 g/mol. The van der Waals surface area contributed by atoms with Crippen molar-refractivity contribution in [2.75, 3.05) is 6.61 Å². The molecule has 140 valence electrons. The molecule has 3 aliphatic rings. The molecule has 1 aliphatic heterocycles. The van der Waals surface area contributed by atoms with Crippen LogP contribution in [0.1, 0.15) is 33.6 Å². The molecule has 2 aliphatic carbocycles. The smallest absolute Gasteiger partial charge is 0.311 e. The number of hydrogen-bond donors (Lipinski definition) is 2. The van der Waals surface area contributed by atoms with Crippen molar-refractivity contribution in [1.82, 2.24) is 0 Å². The lowest BCUT2D eigenvalue weighted by atomic mass is 9.78. The van der Waals surface area contributed by atoms with Crippen molar-refractivity contribution in [3.8, 4) is 0 Å². The summed E-state index contributed by atoms with van der Waals surface area (Å²) in [6.45, 7) is 5.19. The number of esters is 2. The molecule has 0 aromatic rings. The molecule has 3 rings (SSSR count). The normalized spacial score (nSPS) is 37.0. The molecule has 1 heterocycles. The van der Waals surface area contributed by atoms with Crippen molar-refractivity contribution in [2.45, 2.75) is 52.1 Å². The Bertz CT molecular complexity index is 580. The van der Waals surface area contributed by atoms with Crippen molar-refractivity contribution < 1.29 is 38.8 Å². The maximum Gasteiger partial charge on any atom is 0.311 e. The molecule has 8 heteroatoms. The molecule has 1 saturated heterocycles. The lowest BCUT2D eigenvalue weighted by Crippen LogP contribution is -2.44. The van der Waals surface area contributed by atoms with Gasteiger partial charge in [-0.05, 0) is 27.2 Å². The standard InChI is InChI=1S/C17H24O8/c1-17(2,3)16(22)23-5-4-9(18)24-12-7-6-8-11(10(7)14(19)20)15(21)25-13(8)12/h7-13,18H,4-6H2,1-3H3,(H,19,20). The van der Waals surface area contributed by atoms with Crippen molar-refractivity contribution in [2.24, 2.45) is 29.1 Å². The molecule has 7 atom stereocenters. The van der Waals surface area contributed by atoms with Gasteiger partial charge in [-0.2, -0.15) is 0 Å². The average Bonchev–Trinajstić information content (AvgIpc) is 3.09. The summed E-state index contributed by atoms with van der Waals surface area (Å²) in [5, 5.41) is 19.5. The fourth-order valence-corrected chi connectivity index (χ4v) is 4.23. The molecule has 0 aromatic heterocycles. The fourth-order valence-electron chi connectivity index (χ4n) is 4.23. The summed E-state index contributed by atoms with van der Waals surface area (Å²) in [5.74, 6) is -3.82. The molecule has 0 aromatic carbocycles. The molecule has 2 saturated carbocycles.